The number of amides is 2. The van der Waals surface area contributed by atoms with E-state index in [2.05, 4.69) is 41.7 Å². The van der Waals surface area contributed by atoms with Crippen LogP contribution in [0, 0.1) is 23.3 Å². The Morgan fingerprint density at radius 2 is 1.16 bits per heavy atom. The summed E-state index contributed by atoms with van der Waals surface area (Å²) >= 11 is 0. The third-order valence-electron chi connectivity index (χ3n) is 4.18. The van der Waals surface area contributed by atoms with E-state index in [1.165, 1.54) is 12.1 Å². The number of nitrogens with zero attached hydrogens (tertiary/aromatic N) is 8. The van der Waals surface area contributed by atoms with Gasteiger partial charge < -0.3 is 10.6 Å². The molecule has 2 heterocycles. The standard InChI is InChI=1S/C17H12F4N10O/c18-11-3-1-9(5-13(11)20)30-15(24-26-28-30)7-22-17(32)23-8-16-25-27-29-31(16)10-2-4-12(19)14(21)6-10/h1-6H,7-8H2,(H2,22,23,32). The van der Waals surface area contributed by atoms with E-state index in [1.807, 2.05) is 0 Å². The molecular formula is C17H12F4N10O. The van der Waals surface area contributed by atoms with E-state index < -0.39 is 29.3 Å². The molecule has 0 saturated heterocycles. The van der Waals surface area contributed by atoms with E-state index in [1.54, 1.807) is 0 Å². The fraction of sp³-hybridized carbons (Fsp3) is 0.118. The zero-order chi connectivity index (χ0) is 22.7. The Morgan fingerprint density at radius 3 is 1.56 bits per heavy atom. The van der Waals surface area contributed by atoms with Crippen molar-refractivity contribution in [2.24, 2.45) is 0 Å². The SMILES string of the molecule is O=C(NCc1nnnn1-c1ccc(F)c(F)c1)NCc1nnnn1-c1ccc(F)c(F)c1. The molecule has 0 unspecified atom stereocenters. The van der Waals surface area contributed by atoms with E-state index in [-0.39, 0.29) is 36.1 Å². The molecule has 0 bridgehead atoms. The van der Waals surface area contributed by atoms with Crippen molar-refractivity contribution in [2.45, 2.75) is 13.1 Å². The van der Waals surface area contributed by atoms with Crippen molar-refractivity contribution in [3.63, 3.8) is 0 Å². The Balaban J connectivity index is 1.37. The van der Waals surface area contributed by atoms with Crippen LogP contribution in [0.5, 0.6) is 0 Å². The van der Waals surface area contributed by atoms with Gasteiger partial charge in [-0.15, -0.1) is 10.2 Å². The minimum absolute atomic E-state index is 0.147. The molecule has 0 saturated carbocycles. The van der Waals surface area contributed by atoms with E-state index >= 15 is 0 Å². The van der Waals surface area contributed by atoms with Gasteiger partial charge in [0.25, 0.3) is 0 Å². The number of benzene rings is 2. The molecule has 0 aliphatic heterocycles. The fourth-order valence-electron chi connectivity index (χ4n) is 2.65. The van der Waals surface area contributed by atoms with Crippen LogP contribution in [0.4, 0.5) is 22.4 Å². The predicted molar refractivity (Wildman–Crippen MR) is 97.2 cm³/mol. The van der Waals surface area contributed by atoms with Gasteiger partial charge in [-0.1, -0.05) is 0 Å². The van der Waals surface area contributed by atoms with Crippen LogP contribution in [-0.2, 0) is 13.1 Å². The number of carbonyl (C=O) groups excluding carboxylic acids is 1. The summed E-state index contributed by atoms with van der Waals surface area (Å²) in [5, 5.41) is 26.8. The molecule has 11 nitrogen and oxygen atoms in total. The molecule has 0 spiro atoms. The largest absolute Gasteiger partial charge is 0.331 e. The monoisotopic (exact) mass is 448 g/mol. The van der Waals surface area contributed by atoms with Crippen LogP contribution in [0.1, 0.15) is 11.6 Å². The van der Waals surface area contributed by atoms with Crippen LogP contribution in [0.15, 0.2) is 36.4 Å². The normalized spacial score (nSPS) is 10.9. The van der Waals surface area contributed by atoms with Crippen molar-refractivity contribution < 1.29 is 22.4 Å². The van der Waals surface area contributed by atoms with Gasteiger partial charge in [0.15, 0.2) is 34.9 Å². The van der Waals surface area contributed by atoms with Gasteiger partial charge in [0.1, 0.15) is 0 Å². The van der Waals surface area contributed by atoms with Gasteiger partial charge in [0, 0.05) is 12.1 Å². The van der Waals surface area contributed by atoms with Crippen molar-refractivity contribution in [3.8, 4) is 11.4 Å². The van der Waals surface area contributed by atoms with Crippen molar-refractivity contribution >= 4 is 6.03 Å². The van der Waals surface area contributed by atoms with Crippen LogP contribution < -0.4 is 10.6 Å². The molecule has 0 aliphatic rings. The van der Waals surface area contributed by atoms with E-state index in [4.69, 9.17) is 0 Å². The molecule has 32 heavy (non-hydrogen) atoms. The van der Waals surface area contributed by atoms with E-state index in [9.17, 15) is 22.4 Å². The first-order chi connectivity index (χ1) is 15.4. The second kappa shape index (κ2) is 8.75. The molecule has 0 fully saturated rings. The first-order valence-electron chi connectivity index (χ1n) is 8.89. The quantitative estimate of drug-likeness (QED) is 0.424. The first kappa shape index (κ1) is 20.8. The lowest BCUT2D eigenvalue weighted by molar-refractivity contribution is 0.239. The molecule has 4 rings (SSSR count). The van der Waals surface area contributed by atoms with Gasteiger partial charge in [-0.3, -0.25) is 0 Å². The molecule has 0 atom stereocenters. The average molecular weight is 448 g/mol. The molecular weight excluding hydrogens is 436 g/mol. The second-order valence-electron chi connectivity index (χ2n) is 6.25. The van der Waals surface area contributed by atoms with Gasteiger partial charge in [0.05, 0.1) is 24.5 Å². The fourth-order valence-corrected chi connectivity index (χ4v) is 2.65. The van der Waals surface area contributed by atoms with Crippen LogP contribution in [0.2, 0.25) is 0 Å². The van der Waals surface area contributed by atoms with Crippen LogP contribution in [0.25, 0.3) is 11.4 Å². The van der Waals surface area contributed by atoms with Crippen molar-refractivity contribution in [3.05, 3.63) is 71.3 Å². The Bertz CT molecular complexity index is 1180. The minimum atomic E-state index is -1.08. The number of aromatic nitrogens is 8. The molecule has 4 aromatic rings. The highest BCUT2D eigenvalue weighted by Gasteiger charge is 2.14. The Hall–Kier alpha value is -4.43. The number of hydrogen-bond acceptors (Lipinski definition) is 7. The highest BCUT2D eigenvalue weighted by molar-refractivity contribution is 5.73. The minimum Gasteiger partial charge on any atom is -0.331 e. The zero-order valence-electron chi connectivity index (χ0n) is 15.9. The summed E-state index contributed by atoms with van der Waals surface area (Å²) < 4.78 is 55.4. The molecule has 2 aromatic carbocycles. The number of nitrogens with one attached hydrogen (secondary N) is 2. The van der Waals surface area contributed by atoms with Gasteiger partial charge >= 0.3 is 6.03 Å². The van der Waals surface area contributed by atoms with Crippen molar-refractivity contribution in [1.29, 1.82) is 0 Å². The highest BCUT2D eigenvalue weighted by Crippen LogP contribution is 2.14. The molecule has 0 radical (unpaired) electrons. The number of tetrazole rings is 2. The maximum Gasteiger partial charge on any atom is 0.315 e. The zero-order valence-corrected chi connectivity index (χ0v) is 15.9. The summed E-state index contributed by atoms with van der Waals surface area (Å²) in [6.07, 6.45) is 0. The molecule has 15 heteroatoms. The number of carbonyl (C=O) groups is 1. The summed E-state index contributed by atoms with van der Waals surface area (Å²) in [7, 11) is 0. The van der Waals surface area contributed by atoms with Gasteiger partial charge in [0.2, 0.25) is 0 Å². The number of urea groups is 1. The lowest BCUT2D eigenvalue weighted by Crippen LogP contribution is -2.36. The summed E-state index contributed by atoms with van der Waals surface area (Å²) in [6.45, 7) is -0.294. The molecule has 0 aliphatic carbocycles. The van der Waals surface area contributed by atoms with Crippen LogP contribution >= 0.6 is 0 Å². The van der Waals surface area contributed by atoms with Gasteiger partial charge in [-0.05, 0) is 45.1 Å². The van der Waals surface area contributed by atoms with E-state index in [0.717, 1.165) is 33.6 Å². The lowest BCUT2D eigenvalue weighted by Gasteiger charge is -2.09. The van der Waals surface area contributed by atoms with E-state index in [0.29, 0.717) is 0 Å². The Kier molecular flexibility index (Phi) is 5.69. The third kappa shape index (κ3) is 4.35. The topological polar surface area (TPSA) is 128 Å². The summed E-state index contributed by atoms with van der Waals surface area (Å²) in [4.78, 5) is 12.1. The van der Waals surface area contributed by atoms with Gasteiger partial charge in [-0.25, -0.2) is 22.4 Å². The number of rotatable bonds is 6. The highest BCUT2D eigenvalue weighted by atomic mass is 19.2. The first-order valence-corrected chi connectivity index (χ1v) is 8.89. The Labute approximate surface area is 176 Å². The Morgan fingerprint density at radius 1 is 0.719 bits per heavy atom. The molecule has 2 amide bonds. The smallest absolute Gasteiger partial charge is 0.315 e. The van der Waals surface area contributed by atoms with Gasteiger partial charge in [-0.2, -0.15) is 9.36 Å². The lowest BCUT2D eigenvalue weighted by atomic mass is 10.3. The van der Waals surface area contributed by atoms with Crippen molar-refractivity contribution in [2.75, 3.05) is 0 Å². The van der Waals surface area contributed by atoms with Crippen molar-refractivity contribution in [1.82, 2.24) is 51.0 Å². The number of halogens is 4. The predicted octanol–water partition coefficient (Wildman–Crippen LogP) is 1.19. The third-order valence-corrected chi connectivity index (χ3v) is 4.18. The molecule has 164 valence electrons. The van der Waals surface area contributed by atoms with Crippen LogP contribution in [-0.4, -0.2) is 46.4 Å². The molecule has 2 N–H and O–H groups in total. The summed E-state index contributed by atoms with van der Waals surface area (Å²) in [5.41, 5.74) is 0.327. The molecule has 2 aromatic heterocycles. The second-order valence-corrected chi connectivity index (χ2v) is 6.25. The van der Waals surface area contributed by atoms with Crippen LogP contribution in [0.3, 0.4) is 0 Å². The summed E-state index contributed by atoms with van der Waals surface area (Å²) in [6, 6.07) is 5.57. The summed E-state index contributed by atoms with van der Waals surface area (Å²) in [5.74, 6) is -3.89. The number of hydrogen-bond donors (Lipinski definition) is 2. The average Bonchev–Trinajstić information content (AvgIpc) is 3.44. The maximum absolute atomic E-state index is 13.5. The maximum atomic E-state index is 13.5.